The molecule has 0 saturated carbocycles. The Morgan fingerprint density at radius 3 is 2.00 bits per heavy atom. The summed E-state index contributed by atoms with van der Waals surface area (Å²) in [5.74, 6) is 0. The Morgan fingerprint density at radius 1 is 0.583 bits per heavy atom. The molecule has 1 unspecified atom stereocenters. The molecule has 1 nitrogen and oxygen atoms in total. The Balaban J connectivity index is 1.50. The number of nitrogens with zero attached hydrogens (tertiary/aromatic N) is 1. The molecule has 0 aliphatic heterocycles. The standard InChI is InChI=1S/C47H37N/c1-5-17-37-32(7-3)19-16-26-45(37)48(34-20-10-9-11-21-34)35-29-27-33-28-30-40-39-23-13-15-25-44(39)47(46(40)41(33)31-35)42(18-6-2)36(8-4)38-22-12-14-24-43(38)47/h5-31H,3-4H2,1-2H3/b17-5-,18-6-. The number of anilines is 3. The van der Waals surface area contributed by atoms with Crippen LogP contribution in [0.4, 0.5) is 17.1 Å². The van der Waals surface area contributed by atoms with Gasteiger partial charge in [-0.1, -0.05) is 147 Å². The van der Waals surface area contributed by atoms with Crippen molar-refractivity contribution in [3.05, 3.63) is 204 Å². The van der Waals surface area contributed by atoms with Gasteiger partial charge < -0.3 is 4.90 Å². The van der Waals surface area contributed by atoms with E-state index in [1.165, 1.54) is 55.3 Å². The molecule has 230 valence electrons. The molecule has 0 saturated heterocycles. The zero-order chi connectivity index (χ0) is 32.8. The second-order valence-electron chi connectivity index (χ2n) is 12.4. The van der Waals surface area contributed by atoms with Gasteiger partial charge in [0.15, 0.2) is 0 Å². The summed E-state index contributed by atoms with van der Waals surface area (Å²) in [7, 11) is 0. The Kier molecular flexibility index (Phi) is 7.19. The Labute approximate surface area is 283 Å². The van der Waals surface area contributed by atoms with Gasteiger partial charge in [0.25, 0.3) is 0 Å². The van der Waals surface area contributed by atoms with Crippen molar-refractivity contribution in [3.8, 4) is 11.1 Å². The molecule has 1 spiro atoms. The number of allylic oxidation sites excluding steroid dienone is 6. The van der Waals surface area contributed by atoms with Gasteiger partial charge in [0.05, 0.1) is 11.1 Å². The zero-order valence-electron chi connectivity index (χ0n) is 27.4. The van der Waals surface area contributed by atoms with Crippen molar-refractivity contribution in [3.63, 3.8) is 0 Å². The molecular weight excluding hydrogens is 579 g/mol. The molecule has 48 heavy (non-hydrogen) atoms. The predicted molar refractivity (Wildman–Crippen MR) is 207 cm³/mol. The maximum atomic E-state index is 4.33. The normalized spacial score (nSPS) is 16.1. The Bertz CT molecular complexity index is 2350. The van der Waals surface area contributed by atoms with Crippen LogP contribution in [0, 0.1) is 0 Å². The summed E-state index contributed by atoms with van der Waals surface area (Å²) in [6.45, 7) is 12.7. The van der Waals surface area contributed by atoms with E-state index in [9.17, 15) is 0 Å². The minimum Gasteiger partial charge on any atom is -0.310 e. The Hall–Kier alpha value is -5.92. The molecule has 2 aliphatic rings. The number of hydrogen-bond donors (Lipinski definition) is 0. The van der Waals surface area contributed by atoms with Crippen molar-refractivity contribution in [2.24, 2.45) is 0 Å². The van der Waals surface area contributed by atoms with Gasteiger partial charge in [0, 0.05) is 16.9 Å². The maximum absolute atomic E-state index is 4.33. The van der Waals surface area contributed by atoms with Crippen molar-refractivity contribution < 1.29 is 0 Å². The van der Waals surface area contributed by atoms with E-state index < -0.39 is 5.41 Å². The monoisotopic (exact) mass is 615 g/mol. The van der Waals surface area contributed by atoms with Gasteiger partial charge in [-0.3, -0.25) is 0 Å². The van der Waals surface area contributed by atoms with Crippen LogP contribution >= 0.6 is 0 Å². The fraction of sp³-hybridized carbons (Fsp3) is 0.0638. The second kappa shape index (κ2) is 11.7. The predicted octanol–water partition coefficient (Wildman–Crippen LogP) is 12.8. The summed E-state index contributed by atoms with van der Waals surface area (Å²) in [5, 5.41) is 2.47. The fourth-order valence-electron chi connectivity index (χ4n) is 8.25. The first-order valence-electron chi connectivity index (χ1n) is 16.7. The van der Waals surface area contributed by atoms with Gasteiger partial charge in [-0.25, -0.2) is 0 Å². The van der Waals surface area contributed by atoms with E-state index in [0.717, 1.165) is 28.2 Å². The van der Waals surface area contributed by atoms with Crippen LogP contribution in [0.5, 0.6) is 0 Å². The van der Waals surface area contributed by atoms with Gasteiger partial charge in [-0.15, -0.1) is 0 Å². The molecule has 0 fully saturated rings. The first-order valence-corrected chi connectivity index (χ1v) is 16.7. The molecule has 1 heteroatoms. The summed E-state index contributed by atoms with van der Waals surface area (Å²) in [5.41, 5.74) is 15.3. The van der Waals surface area contributed by atoms with Crippen molar-refractivity contribution in [1.82, 2.24) is 0 Å². The number of rotatable bonds is 7. The number of fused-ring (bicyclic) bond motifs is 9. The highest BCUT2D eigenvalue weighted by atomic mass is 15.1. The summed E-state index contributed by atoms with van der Waals surface area (Å²) in [6, 6.07) is 46.6. The molecule has 6 aromatic carbocycles. The molecule has 0 amide bonds. The third-order valence-corrected chi connectivity index (χ3v) is 10.0. The molecule has 2 aliphatic carbocycles. The highest BCUT2D eigenvalue weighted by Gasteiger charge is 2.52. The smallest absolute Gasteiger partial charge is 0.0731 e. The lowest BCUT2D eigenvalue weighted by molar-refractivity contribution is 0.793. The van der Waals surface area contributed by atoms with E-state index in [0.29, 0.717) is 0 Å². The van der Waals surface area contributed by atoms with Crippen LogP contribution in [0.3, 0.4) is 0 Å². The SMILES string of the molecule is C=CC1=C(/C=C\C)C2(c3ccccc31)c1ccccc1-c1ccc3ccc(N(c4ccccc4)c4cccc(C=C)c4/C=C\C)cc3c12. The first kappa shape index (κ1) is 29.5. The van der Waals surface area contributed by atoms with E-state index in [-0.39, 0.29) is 0 Å². The molecule has 0 bridgehead atoms. The fourth-order valence-corrected chi connectivity index (χ4v) is 8.25. The highest BCUT2D eigenvalue weighted by molar-refractivity contribution is 6.06. The summed E-state index contributed by atoms with van der Waals surface area (Å²) in [6.07, 6.45) is 12.8. The quantitative estimate of drug-likeness (QED) is 0.173. The van der Waals surface area contributed by atoms with Crippen LogP contribution < -0.4 is 4.90 Å². The molecule has 1 atom stereocenters. The van der Waals surface area contributed by atoms with Crippen LogP contribution in [0.2, 0.25) is 0 Å². The number of hydrogen-bond acceptors (Lipinski definition) is 1. The van der Waals surface area contributed by atoms with Gasteiger partial charge in [-0.05, 0) is 105 Å². The van der Waals surface area contributed by atoms with Crippen LogP contribution in [0.15, 0.2) is 170 Å². The molecule has 6 aromatic rings. The van der Waals surface area contributed by atoms with Gasteiger partial charge in [0.1, 0.15) is 0 Å². The van der Waals surface area contributed by atoms with E-state index in [1.54, 1.807) is 0 Å². The molecular formula is C47H37N. The topological polar surface area (TPSA) is 3.24 Å². The third-order valence-electron chi connectivity index (χ3n) is 10.0. The van der Waals surface area contributed by atoms with E-state index in [2.05, 4.69) is 184 Å². The summed E-state index contributed by atoms with van der Waals surface area (Å²) < 4.78 is 0. The molecule has 0 heterocycles. The van der Waals surface area contributed by atoms with E-state index in [1.807, 2.05) is 12.2 Å². The Morgan fingerprint density at radius 2 is 1.27 bits per heavy atom. The zero-order valence-corrected chi connectivity index (χ0v) is 27.4. The number of para-hydroxylation sites is 1. The van der Waals surface area contributed by atoms with E-state index >= 15 is 0 Å². The number of benzene rings is 6. The summed E-state index contributed by atoms with van der Waals surface area (Å²) in [4.78, 5) is 2.39. The van der Waals surface area contributed by atoms with Gasteiger partial charge >= 0.3 is 0 Å². The first-order chi connectivity index (χ1) is 23.7. The van der Waals surface area contributed by atoms with Crippen LogP contribution in [-0.2, 0) is 5.41 Å². The van der Waals surface area contributed by atoms with Crippen LogP contribution in [-0.4, -0.2) is 0 Å². The lowest BCUT2D eigenvalue weighted by Crippen LogP contribution is -2.27. The highest BCUT2D eigenvalue weighted by Crippen LogP contribution is 2.63. The van der Waals surface area contributed by atoms with Crippen molar-refractivity contribution in [1.29, 1.82) is 0 Å². The minimum atomic E-state index is -0.479. The van der Waals surface area contributed by atoms with Crippen molar-refractivity contribution in [2.75, 3.05) is 4.90 Å². The maximum Gasteiger partial charge on any atom is 0.0731 e. The van der Waals surface area contributed by atoms with Gasteiger partial charge in [-0.2, -0.15) is 0 Å². The van der Waals surface area contributed by atoms with E-state index in [4.69, 9.17) is 0 Å². The van der Waals surface area contributed by atoms with Gasteiger partial charge in [0.2, 0.25) is 0 Å². The average molecular weight is 616 g/mol. The van der Waals surface area contributed by atoms with Crippen LogP contribution in [0.1, 0.15) is 47.2 Å². The molecule has 0 N–H and O–H groups in total. The lowest BCUT2D eigenvalue weighted by atomic mass is 9.68. The van der Waals surface area contributed by atoms with Crippen molar-refractivity contribution in [2.45, 2.75) is 19.3 Å². The third kappa shape index (κ3) is 4.11. The average Bonchev–Trinajstić information content (AvgIpc) is 3.59. The molecule has 0 aromatic heterocycles. The lowest BCUT2D eigenvalue weighted by Gasteiger charge is -2.33. The largest absolute Gasteiger partial charge is 0.310 e. The van der Waals surface area contributed by atoms with Crippen molar-refractivity contribution >= 4 is 45.6 Å². The summed E-state index contributed by atoms with van der Waals surface area (Å²) >= 11 is 0. The minimum absolute atomic E-state index is 0.479. The molecule has 8 rings (SSSR count). The molecule has 0 radical (unpaired) electrons. The van der Waals surface area contributed by atoms with Crippen LogP contribution in [0.25, 0.3) is 39.6 Å². The second-order valence-corrected chi connectivity index (χ2v) is 12.4.